The van der Waals surface area contributed by atoms with Crippen LogP contribution in [0, 0.1) is 10.1 Å². The zero-order valence-corrected chi connectivity index (χ0v) is 15.2. The molecule has 26 heavy (non-hydrogen) atoms. The number of nitrogens with zero attached hydrogens (tertiary/aromatic N) is 1. The van der Waals surface area contributed by atoms with E-state index in [9.17, 15) is 19.7 Å². The van der Waals surface area contributed by atoms with Gasteiger partial charge in [0.1, 0.15) is 0 Å². The molecule has 0 aliphatic rings. The summed E-state index contributed by atoms with van der Waals surface area (Å²) in [5, 5.41) is 16.8. The standard InChI is InChI=1S/C17H15Cl2N3O4/c1-10(14-6-5-12(18)8-15(14)19)21-16(23)9-20-17(24)11-3-2-4-13(7-11)22(25)26/h2-8,10H,9H2,1H3,(H,20,24)(H,21,23). The molecule has 2 amide bonds. The average molecular weight is 396 g/mol. The number of amides is 2. The van der Waals surface area contributed by atoms with E-state index in [-0.39, 0.29) is 23.8 Å². The van der Waals surface area contributed by atoms with Crippen LogP contribution in [0.5, 0.6) is 0 Å². The number of nitro groups is 1. The molecule has 0 aromatic heterocycles. The van der Waals surface area contributed by atoms with Crippen LogP contribution in [0.3, 0.4) is 0 Å². The molecule has 1 unspecified atom stereocenters. The summed E-state index contributed by atoms with van der Waals surface area (Å²) in [5.41, 5.74) is 0.586. The topological polar surface area (TPSA) is 101 Å². The highest BCUT2D eigenvalue weighted by atomic mass is 35.5. The van der Waals surface area contributed by atoms with Gasteiger partial charge in [0.15, 0.2) is 0 Å². The van der Waals surface area contributed by atoms with Gasteiger partial charge in [0, 0.05) is 27.7 Å². The van der Waals surface area contributed by atoms with E-state index in [0.29, 0.717) is 15.6 Å². The molecule has 0 aliphatic heterocycles. The first kappa shape index (κ1) is 19.7. The maximum absolute atomic E-state index is 12.0. The van der Waals surface area contributed by atoms with Crippen molar-refractivity contribution in [2.75, 3.05) is 6.54 Å². The van der Waals surface area contributed by atoms with Gasteiger partial charge in [0.2, 0.25) is 5.91 Å². The molecule has 0 fully saturated rings. The summed E-state index contributed by atoms with van der Waals surface area (Å²) in [4.78, 5) is 34.2. The van der Waals surface area contributed by atoms with Crippen LogP contribution in [0.1, 0.15) is 28.9 Å². The normalized spacial score (nSPS) is 11.5. The Hall–Kier alpha value is -2.64. The molecular weight excluding hydrogens is 381 g/mol. The molecule has 0 spiro atoms. The summed E-state index contributed by atoms with van der Waals surface area (Å²) < 4.78 is 0. The van der Waals surface area contributed by atoms with Gasteiger partial charge in [-0.25, -0.2) is 0 Å². The Labute approximate surface area is 159 Å². The summed E-state index contributed by atoms with van der Waals surface area (Å²) in [5.74, 6) is -1.01. The lowest BCUT2D eigenvalue weighted by molar-refractivity contribution is -0.384. The lowest BCUT2D eigenvalue weighted by Crippen LogP contribution is -2.38. The van der Waals surface area contributed by atoms with Gasteiger partial charge in [-0.1, -0.05) is 35.3 Å². The van der Waals surface area contributed by atoms with Crippen LogP contribution in [0.4, 0.5) is 5.69 Å². The van der Waals surface area contributed by atoms with Crippen LogP contribution in [0.15, 0.2) is 42.5 Å². The molecular formula is C17H15Cl2N3O4. The third kappa shape index (κ3) is 5.18. The van der Waals surface area contributed by atoms with Crippen LogP contribution in [-0.2, 0) is 4.79 Å². The maximum Gasteiger partial charge on any atom is 0.270 e. The molecule has 0 radical (unpaired) electrons. The number of halogens is 2. The second kappa shape index (κ2) is 8.64. The van der Waals surface area contributed by atoms with Crippen molar-refractivity contribution in [3.63, 3.8) is 0 Å². The second-order valence-corrected chi connectivity index (χ2v) is 6.29. The highest BCUT2D eigenvalue weighted by molar-refractivity contribution is 6.35. The number of hydrogen-bond acceptors (Lipinski definition) is 4. The SMILES string of the molecule is CC(NC(=O)CNC(=O)c1cccc([N+](=O)[O-])c1)c1ccc(Cl)cc1Cl. The largest absolute Gasteiger partial charge is 0.348 e. The summed E-state index contributed by atoms with van der Waals surface area (Å²) in [7, 11) is 0. The third-order valence-corrected chi connectivity index (χ3v) is 4.10. The van der Waals surface area contributed by atoms with Crippen LogP contribution >= 0.6 is 23.2 Å². The Morgan fingerprint density at radius 2 is 1.92 bits per heavy atom. The number of carbonyl (C=O) groups is 2. The number of nitrogens with one attached hydrogen (secondary N) is 2. The van der Waals surface area contributed by atoms with E-state index in [1.807, 2.05) is 0 Å². The number of rotatable bonds is 6. The molecule has 2 aromatic carbocycles. The zero-order valence-electron chi connectivity index (χ0n) is 13.7. The highest BCUT2D eigenvalue weighted by Gasteiger charge is 2.15. The second-order valence-electron chi connectivity index (χ2n) is 5.45. The first-order valence-electron chi connectivity index (χ1n) is 7.55. The molecule has 2 N–H and O–H groups in total. The molecule has 0 saturated carbocycles. The molecule has 0 saturated heterocycles. The number of non-ortho nitro benzene ring substituents is 1. The fourth-order valence-electron chi connectivity index (χ4n) is 2.25. The predicted octanol–water partition coefficient (Wildman–Crippen LogP) is 3.51. The third-order valence-electron chi connectivity index (χ3n) is 3.54. The van der Waals surface area contributed by atoms with Crippen molar-refractivity contribution in [1.82, 2.24) is 10.6 Å². The van der Waals surface area contributed by atoms with Gasteiger partial charge in [-0.2, -0.15) is 0 Å². The summed E-state index contributed by atoms with van der Waals surface area (Å²) in [6.45, 7) is 1.46. The predicted molar refractivity (Wildman–Crippen MR) is 98.4 cm³/mol. The van der Waals surface area contributed by atoms with Crippen molar-refractivity contribution in [2.24, 2.45) is 0 Å². The fourth-order valence-corrected chi connectivity index (χ4v) is 2.82. The molecule has 0 bridgehead atoms. The zero-order chi connectivity index (χ0) is 19.3. The molecule has 2 aromatic rings. The summed E-state index contributed by atoms with van der Waals surface area (Å²) in [6.07, 6.45) is 0. The Kier molecular flexibility index (Phi) is 6.54. The van der Waals surface area contributed by atoms with E-state index in [1.54, 1.807) is 25.1 Å². The molecule has 1 atom stereocenters. The van der Waals surface area contributed by atoms with Gasteiger partial charge in [-0.15, -0.1) is 0 Å². The minimum Gasteiger partial charge on any atom is -0.348 e. The van der Waals surface area contributed by atoms with Crippen molar-refractivity contribution in [3.8, 4) is 0 Å². The molecule has 9 heteroatoms. The number of benzene rings is 2. The summed E-state index contributed by atoms with van der Waals surface area (Å²) in [6, 6.07) is 9.80. The van der Waals surface area contributed by atoms with Gasteiger partial charge in [0.25, 0.3) is 11.6 Å². The monoisotopic (exact) mass is 395 g/mol. The van der Waals surface area contributed by atoms with E-state index >= 15 is 0 Å². The Morgan fingerprint density at radius 3 is 2.58 bits per heavy atom. The molecule has 0 heterocycles. The van der Waals surface area contributed by atoms with Crippen LogP contribution in [0.2, 0.25) is 10.0 Å². The Morgan fingerprint density at radius 1 is 1.19 bits per heavy atom. The van der Waals surface area contributed by atoms with Gasteiger partial charge in [-0.3, -0.25) is 19.7 Å². The molecule has 2 rings (SSSR count). The Bertz CT molecular complexity index is 858. The Balaban J connectivity index is 1.92. The maximum atomic E-state index is 12.0. The van der Waals surface area contributed by atoms with E-state index < -0.39 is 16.7 Å². The minimum absolute atomic E-state index is 0.0980. The molecule has 0 aliphatic carbocycles. The van der Waals surface area contributed by atoms with Crippen LogP contribution in [0.25, 0.3) is 0 Å². The van der Waals surface area contributed by atoms with E-state index in [4.69, 9.17) is 23.2 Å². The minimum atomic E-state index is -0.596. The number of nitro benzene ring substituents is 1. The van der Waals surface area contributed by atoms with Crippen molar-refractivity contribution >= 4 is 40.7 Å². The van der Waals surface area contributed by atoms with E-state index in [1.165, 1.54) is 18.2 Å². The highest BCUT2D eigenvalue weighted by Crippen LogP contribution is 2.25. The van der Waals surface area contributed by atoms with Gasteiger partial charge in [-0.05, 0) is 30.7 Å². The average Bonchev–Trinajstić information content (AvgIpc) is 2.59. The van der Waals surface area contributed by atoms with Gasteiger partial charge < -0.3 is 10.6 Å². The fraction of sp³-hybridized carbons (Fsp3) is 0.176. The van der Waals surface area contributed by atoms with Crippen LogP contribution in [-0.4, -0.2) is 23.3 Å². The van der Waals surface area contributed by atoms with Crippen LogP contribution < -0.4 is 10.6 Å². The molecule has 7 nitrogen and oxygen atoms in total. The van der Waals surface area contributed by atoms with Crippen molar-refractivity contribution < 1.29 is 14.5 Å². The summed E-state index contributed by atoms with van der Waals surface area (Å²) >= 11 is 11.9. The van der Waals surface area contributed by atoms with Crippen molar-refractivity contribution in [1.29, 1.82) is 0 Å². The van der Waals surface area contributed by atoms with E-state index in [2.05, 4.69) is 10.6 Å². The quantitative estimate of drug-likeness (QED) is 0.576. The first-order valence-corrected chi connectivity index (χ1v) is 8.30. The van der Waals surface area contributed by atoms with Gasteiger partial charge in [0.05, 0.1) is 17.5 Å². The van der Waals surface area contributed by atoms with Crippen molar-refractivity contribution in [2.45, 2.75) is 13.0 Å². The number of carbonyl (C=O) groups excluding carboxylic acids is 2. The van der Waals surface area contributed by atoms with Gasteiger partial charge >= 0.3 is 0 Å². The first-order chi connectivity index (χ1) is 12.3. The van der Waals surface area contributed by atoms with Crippen molar-refractivity contribution in [3.05, 3.63) is 73.8 Å². The lowest BCUT2D eigenvalue weighted by Gasteiger charge is -2.16. The number of hydrogen-bond donors (Lipinski definition) is 2. The molecule has 136 valence electrons. The van der Waals surface area contributed by atoms with E-state index in [0.717, 1.165) is 6.07 Å². The lowest BCUT2D eigenvalue weighted by atomic mass is 10.1. The smallest absolute Gasteiger partial charge is 0.270 e.